The maximum Gasteiger partial charge on any atom is 0.256 e. The largest absolute Gasteiger partial charge is 0.370 e. The Morgan fingerprint density at radius 2 is 1.67 bits per heavy atom. The summed E-state index contributed by atoms with van der Waals surface area (Å²) in [5.74, 6) is 0.741. The van der Waals surface area contributed by atoms with Gasteiger partial charge in [0.15, 0.2) is 0 Å². The molecular formula is C31H37N7O3S. The lowest BCUT2D eigenvalue weighted by molar-refractivity contribution is 0.0744. The number of benzene rings is 1. The van der Waals surface area contributed by atoms with Crippen LogP contribution in [0.15, 0.2) is 47.5 Å². The van der Waals surface area contributed by atoms with Crippen LogP contribution in [0.2, 0.25) is 0 Å². The Hall–Kier alpha value is -4.01. The average molecular weight is 588 g/mol. The van der Waals surface area contributed by atoms with Crippen LogP contribution in [0.5, 0.6) is 0 Å². The fraction of sp³-hybridized carbons (Fsp3) is 0.419. The Morgan fingerprint density at radius 1 is 0.976 bits per heavy atom. The van der Waals surface area contributed by atoms with E-state index in [0.29, 0.717) is 49.0 Å². The quantitative estimate of drug-likeness (QED) is 0.464. The third kappa shape index (κ3) is 5.96. The van der Waals surface area contributed by atoms with Gasteiger partial charge in [-0.15, -0.1) is 0 Å². The van der Waals surface area contributed by atoms with Crippen molar-refractivity contribution in [1.82, 2.24) is 14.9 Å². The number of nitrogens with two attached hydrogens (primary N) is 1. The molecule has 0 aliphatic carbocycles. The molecule has 42 heavy (non-hydrogen) atoms. The number of hydrogen-bond acceptors (Lipinski definition) is 8. The lowest BCUT2D eigenvalue weighted by atomic mass is 9.86. The highest BCUT2D eigenvalue weighted by Gasteiger charge is 2.30. The van der Waals surface area contributed by atoms with Crippen LogP contribution in [0.25, 0.3) is 0 Å². The molecule has 4 heterocycles. The van der Waals surface area contributed by atoms with E-state index < -0.39 is 10.0 Å². The summed E-state index contributed by atoms with van der Waals surface area (Å²) in [5.41, 5.74) is 6.20. The molecule has 0 spiro atoms. The summed E-state index contributed by atoms with van der Waals surface area (Å²) in [6.07, 6.45) is 4.42. The number of aryl methyl sites for hydroxylation is 2. The van der Waals surface area contributed by atoms with Crippen LogP contribution in [0.3, 0.4) is 0 Å². The number of nitrogens with zero attached hydrogens (tertiary/aromatic N) is 6. The second kappa shape index (κ2) is 12.1. The molecule has 0 radical (unpaired) electrons. The normalized spacial score (nSPS) is 16.4. The van der Waals surface area contributed by atoms with Crippen molar-refractivity contribution in [2.45, 2.75) is 44.9 Å². The summed E-state index contributed by atoms with van der Waals surface area (Å²) in [6, 6.07) is 13.1. The van der Waals surface area contributed by atoms with Crippen LogP contribution < -0.4 is 14.9 Å². The van der Waals surface area contributed by atoms with Crippen LogP contribution >= 0.6 is 0 Å². The molecule has 5 rings (SSSR count). The highest BCUT2D eigenvalue weighted by Crippen LogP contribution is 2.31. The fourth-order valence-electron chi connectivity index (χ4n) is 6.32. The Bertz CT molecular complexity index is 1630. The monoisotopic (exact) mass is 587 g/mol. The molecule has 2 N–H and O–H groups in total. The van der Waals surface area contributed by atoms with Crippen molar-refractivity contribution >= 4 is 27.4 Å². The van der Waals surface area contributed by atoms with Crippen molar-refractivity contribution in [2.75, 3.05) is 49.1 Å². The van der Waals surface area contributed by atoms with Gasteiger partial charge in [-0.2, -0.15) is 5.26 Å². The number of anilines is 2. The van der Waals surface area contributed by atoms with Crippen molar-refractivity contribution in [3.05, 3.63) is 76.2 Å². The Labute approximate surface area is 247 Å². The van der Waals surface area contributed by atoms with Gasteiger partial charge >= 0.3 is 0 Å². The summed E-state index contributed by atoms with van der Waals surface area (Å²) < 4.78 is 24.1. The first-order chi connectivity index (χ1) is 20.1. The summed E-state index contributed by atoms with van der Waals surface area (Å²) >= 11 is 0. The van der Waals surface area contributed by atoms with E-state index >= 15 is 0 Å². The standard InChI is InChI=1S/C31H37N7O3S/c1-21-26(19-24-10-13-36(14-11-24)27-8-5-4-7-25(27)20-32)22(2)35-23(3)29(21)31(39)38-17-15-37(16-18-38)30-28(42(33,40)41)9-6-12-34-30/h4-9,12,24H,10-11,13-19H2,1-3H3,(H2,33,40,41). The molecule has 0 bridgehead atoms. The van der Waals surface area contributed by atoms with E-state index in [0.717, 1.165) is 60.6 Å². The van der Waals surface area contributed by atoms with Gasteiger partial charge in [0.2, 0.25) is 10.0 Å². The molecule has 220 valence electrons. The van der Waals surface area contributed by atoms with E-state index in [-0.39, 0.29) is 10.8 Å². The van der Waals surface area contributed by atoms with Crippen molar-refractivity contribution in [1.29, 1.82) is 5.26 Å². The number of para-hydroxylation sites is 1. The summed E-state index contributed by atoms with van der Waals surface area (Å²) in [7, 11) is -3.92. The van der Waals surface area contributed by atoms with Gasteiger partial charge < -0.3 is 14.7 Å². The second-order valence-electron chi connectivity index (χ2n) is 11.2. The van der Waals surface area contributed by atoms with Gasteiger partial charge in [-0.25, -0.2) is 18.5 Å². The molecule has 11 heteroatoms. The lowest BCUT2D eigenvalue weighted by Gasteiger charge is -2.36. The summed E-state index contributed by atoms with van der Waals surface area (Å²) in [5, 5.41) is 14.9. The molecule has 2 saturated heterocycles. The second-order valence-corrected chi connectivity index (χ2v) is 12.7. The number of sulfonamides is 1. The number of piperazine rings is 1. The van der Waals surface area contributed by atoms with Crippen molar-refractivity contribution in [2.24, 2.45) is 11.1 Å². The van der Waals surface area contributed by atoms with Crippen molar-refractivity contribution in [3.63, 3.8) is 0 Å². The maximum absolute atomic E-state index is 13.8. The minimum Gasteiger partial charge on any atom is -0.370 e. The van der Waals surface area contributed by atoms with E-state index in [1.54, 1.807) is 12.3 Å². The van der Waals surface area contributed by atoms with Gasteiger partial charge in [0, 0.05) is 51.2 Å². The fourth-order valence-corrected chi connectivity index (χ4v) is 7.02. The lowest BCUT2D eigenvalue weighted by Crippen LogP contribution is -2.49. The molecular weight excluding hydrogens is 550 g/mol. The highest BCUT2D eigenvalue weighted by atomic mass is 32.2. The van der Waals surface area contributed by atoms with Crippen LogP contribution in [0.1, 0.15) is 51.3 Å². The van der Waals surface area contributed by atoms with E-state index in [2.05, 4.69) is 16.0 Å². The summed E-state index contributed by atoms with van der Waals surface area (Å²) in [6.45, 7) is 9.49. The number of nitriles is 1. The number of primary sulfonamides is 1. The molecule has 1 aromatic carbocycles. The minimum atomic E-state index is -3.92. The molecule has 0 unspecified atom stereocenters. The van der Waals surface area contributed by atoms with Crippen LogP contribution in [-0.4, -0.2) is 68.5 Å². The van der Waals surface area contributed by atoms with Crippen LogP contribution in [0, 0.1) is 38.0 Å². The number of pyridine rings is 2. The molecule has 2 aromatic heterocycles. The third-order valence-electron chi connectivity index (χ3n) is 8.57. The first kappa shape index (κ1) is 29.5. The molecule has 10 nitrogen and oxygen atoms in total. The number of carbonyl (C=O) groups excluding carboxylic acids is 1. The van der Waals surface area contributed by atoms with E-state index in [1.807, 2.05) is 54.8 Å². The topological polar surface area (TPSA) is 137 Å². The Morgan fingerprint density at radius 3 is 2.33 bits per heavy atom. The zero-order chi connectivity index (χ0) is 30.0. The maximum atomic E-state index is 13.8. The zero-order valence-corrected chi connectivity index (χ0v) is 25.2. The number of amides is 1. The van der Waals surface area contributed by atoms with Crippen LogP contribution in [-0.2, 0) is 16.4 Å². The van der Waals surface area contributed by atoms with Crippen molar-refractivity contribution in [3.8, 4) is 6.07 Å². The van der Waals surface area contributed by atoms with Gasteiger partial charge in [0.05, 0.1) is 22.5 Å². The first-order valence-electron chi connectivity index (χ1n) is 14.3. The van der Waals surface area contributed by atoms with E-state index in [4.69, 9.17) is 10.1 Å². The molecule has 0 atom stereocenters. The smallest absolute Gasteiger partial charge is 0.256 e. The number of carbonyl (C=O) groups is 1. The minimum absolute atomic E-state index is 0.0102. The molecule has 1 amide bonds. The Balaban J connectivity index is 1.28. The molecule has 2 aliphatic heterocycles. The summed E-state index contributed by atoms with van der Waals surface area (Å²) in [4.78, 5) is 28.9. The van der Waals surface area contributed by atoms with Crippen LogP contribution in [0.4, 0.5) is 11.5 Å². The predicted molar refractivity (Wildman–Crippen MR) is 162 cm³/mol. The van der Waals surface area contributed by atoms with Gasteiger partial charge in [-0.1, -0.05) is 12.1 Å². The molecule has 2 aliphatic rings. The predicted octanol–water partition coefficient (Wildman–Crippen LogP) is 3.34. The molecule has 3 aromatic rings. The van der Waals surface area contributed by atoms with Gasteiger partial charge in [-0.05, 0) is 81.3 Å². The number of rotatable bonds is 6. The molecule has 0 saturated carbocycles. The zero-order valence-electron chi connectivity index (χ0n) is 24.4. The van der Waals surface area contributed by atoms with E-state index in [9.17, 15) is 18.5 Å². The SMILES string of the molecule is Cc1nc(C)c(C(=O)N2CCN(c3ncccc3S(N)(=O)=O)CC2)c(C)c1CC1CCN(c2ccccc2C#N)CC1. The van der Waals surface area contributed by atoms with E-state index in [1.165, 1.54) is 6.07 Å². The average Bonchev–Trinajstić information content (AvgIpc) is 2.99. The van der Waals surface area contributed by atoms with Gasteiger partial charge in [0.1, 0.15) is 16.8 Å². The highest BCUT2D eigenvalue weighted by molar-refractivity contribution is 7.89. The van der Waals surface area contributed by atoms with Crippen molar-refractivity contribution < 1.29 is 13.2 Å². The number of piperidine rings is 1. The van der Waals surface area contributed by atoms with Gasteiger partial charge in [0.25, 0.3) is 5.91 Å². The molecule has 2 fully saturated rings. The van der Waals surface area contributed by atoms with Gasteiger partial charge in [-0.3, -0.25) is 9.78 Å². The third-order valence-corrected chi connectivity index (χ3v) is 9.50. The number of aromatic nitrogens is 2. The Kier molecular flexibility index (Phi) is 8.48. The number of hydrogen-bond donors (Lipinski definition) is 1. The first-order valence-corrected chi connectivity index (χ1v) is 15.9.